The molecule has 0 spiro atoms. The molecule has 0 radical (unpaired) electrons. The minimum Gasteiger partial charge on any atom is -0.338 e. The summed E-state index contributed by atoms with van der Waals surface area (Å²) in [6.07, 6.45) is 2.40. The second-order valence-electron chi connectivity index (χ2n) is 4.54. The first kappa shape index (κ1) is 11.9. The molecule has 1 aliphatic carbocycles. The molecule has 2 rings (SSSR count). The highest BCUT2D eigenvalue weighted by atomic mass is 19.1. The van der Waals surface area contributed by atoms with Crippen molar-refractivity contribution in [2.24, 2.45) is 5.92 Å². The van der Waals surface area contributed by atoms with Crippen molar-refractivity contribution in [3.63, 3.8) is 0 Å². The maximum absolute atomic E-state index is 13.4. The molecule has 0 bridgehead atoms. The zero-order chi connectivity index (χ0) is 12.3. The summed E-state index contributed by atoms with van der Waals surface area (Å²) in [4.78, 5) is 11.5. The molecule has 0 saturated heterocycles. The summed E-state index contributed by atoms with van der Waals surface area (Å²) < 4.78 is 13.4. The summed E-state index contributed by atoms with van der Waals surface area (Å²) in [5.41, 5.74) is 0.508. The van der Waals surface area contributed by atoms with Crippen LogP contribution in [0, 0.1) is 11.7 Å². The van der Waals surface area contributed by atoms with E-state index in [-0.39, 0.29) is 17.9 Å². The van der Waals surface area contributed by atoms with Gasteiger partial charge in [0.1, 0.15) is 5.82 Å². The molecule has 92 valence electrons. The van der Waals surface area contributed by atoms with Gasteiger partial charge in [0, 0.05) is 12.1 Å². The van der Waals surface area contributed by atoms with Crippen molar-refractivity contribution >= 4 is 6.03 Å². The van der Waals surface area contributed by atoms with Gasteiger partial charge in [0.2, 0.25) is 0 Å². The van der Waals surface area contributed by atoms with Gasteiger partial charge in [-0.25, -0.2) is 9.18 Å². The second-order valence-corrected chi connectivity index (χ2v) is 4.54. The van der Waals surface area contributed by atoms with Gasteiger partial charge in [0.25, 0.3) is 0 Å². The van der Waals surface area contributed by atoms with Crippen LogP contribution in [0.2, 0.25) is 0 Å². The third kappa shape index (κ3) is 3.44. The molecule has 2 amide bonds. The fourth-order valence-electron chi connectivity index (χ4n) is 1.71. The largest absolute Gasteiger partial charge is 0.338 e. The van der Waals surface area contributed by atoms with E-state index in [1.54, 1.807) is 25.1 Å². The Morgan fingerprint density at radius 1 is 1.47 bits per heavy atom. The summed E-state index contributed by atoms with van der Waals surface area (Å²) >= 11 is 0. The number of carbonyl (C=O) groups is 1. The maximum Gasteiger partial charge on any atom is 0.315 e. The van der Waals surface area contributed by atoms with Crippen LogP contribution in [-0.2, 0) is 0 Å². The molecule has 0 aliphatic heterocycles. The van der Waals surface area contributed by atoms with Gasteiger partial charge in [-0.05, 0) is 31.7 Å². The number of hydrogen-bond donors (Lipinski definition) is 2. The van der Waals surface area contributed by atoms with E-state index >= 15 is 0 Å². The molecule has 0 unspecified atom stereocenters. The van der Waals surface area contributed by atoms with Crippen molar-refractivity contribution in [1.29, 1.82) is 0 Å². The fraction of sp³-hybridized carbons (Fsp3) is 0.462. The van der Waals surface area contributed by atoms with Gasteiger partial charge in [-0.3, -0.25) is 0 Å². The molecular formula is C13H17FN2O. The number of benzene rings is 1. The fourth-order valence-corrected chi connectivity index (χ4v) is 1.71. The van der Waals surface area contributed by atoms with Gasteiger partial charge in [0.05, 0.1) is 6.04 Å². The topological polar surface area (TPSA) is 41.1 Å². The number of amides is 2. The van der Waals surface area contributed by atoms with Gasteiger partial charge in [-0.2, -0.15) is 0 Å². The summed E-state index contributed by atoms with van der Waals surface area (Å²) in [5, 5.41) is 5.52. The monoisotopic (exact) mass is 236 g/mol. The quantitative estimate of drug-likeness (QED) is 0.829. The van der Waals surface area contributed by atoms with Crippen LogP contribution in [0.3, 0.4) is 0 Å². The van der Waals surface area contributed by atoms with E-state index < -0.39 is 0 Å². The molecule has 4 heteroatoms. The predicted octanol–water partition coefficient (Wildman–Crippen LogP) is 2.60. The van der Waals surface area contributed by atoms with Crippen molar-refractivity contribution in [2.45, 2.75) is 25.8 Å². The molecule has 17 heavy (non-hydrogen) atoms. The minimum absolute atomic E-state index is 0.229. The molecule has 0 heterocycles. The first-order valence-electron chi connectivity index (χ1n) is 5.95. The molecule has 2 N–H and O–H groups in total. The average molecular weight is 236 g/mol. The van der Waals surface area contributed by atoms with Crippen LogP contribution in [0.5, 0.6) is 0 Å². The van der Waals surface area contributed by atoms with E-state index in [4.69, 9.17) is 0 Å². The number of halogens is 1. The molecule has 3 nitrogen and oxygen atoms in total. The zero-order valence-corrected chi connectivity index (χ0v) is 9.87. The van der Waals surface area contributed by atoms with Crippen LogP contribution in [-0.4, -0.2) is 12.6 Å². The summed E-state index contributed by atoms with van der Waals surface area (Å²) in [6.45, 7) is 2.49. The number of rotatable bonds is 4. The summed E-state index contributed by atoms with van der Waals surface area (Å²) in [6, 6.07) is 5.93. The lowest BCUT2D eigenvalue weighted by Gasteiger charge is -2.15. The number of urea groups is 1. The number of nitrogens with one attached hydrogen (secondary N) is 2. The van der Waals surface area contributed by atoms with E-state index in [1.807, 2.05) is 0 Å². The van der Waals surface area contributed by atoms with Gasteiger partial charge >= 0.3 is 6.03 Å². The van der Waals surface area contributed by atoms with E-state index in [0.717, 1.165) is 6.54 Å². The van der Waals surface area contributed by atoms with Crippen molar-refractivity contribution in [3.8, 4) is 0 Å². The summed E-state index contributed by atoms with van der Waals surface area (Å²) in [7, 11) is 0. The first-order chi connectivity index (χ1) is 8.16. The van der Waals surface area contributed by atoms with Crippen LogP contribution in [0.15, 0.2) is 24.3 Å². The Hall–Kier alpha value is -1.58. The Labute approximate surface area is 100 Å². The van der Waals surface area contributed by atoms with E-state index in [9.17, 15) is 9.18 Å². The highest BCUT2D eigenvalue weighted by Gasteiger charge is 2.22. The van der Waals surface area contributed by atoms with Crippen LogP contribution in [0.25, 0.3) is 0 Å². The molecule has 1 aliphatic rings. The van der Waals surface area contributed by atoms with Crippen LogP contribution in [0.4, 0.5) is 9.18 Å². The van der Waals surface area contributed by atoms with Crippen molar-refractivity contribution in [1.82, 2.24) is 10.6 Å². The molecule has 1 atom stereocenters. The Bertz CT molecular complexity index is 404. The molecule has 1 fully saturated rings. The lowest BCUT2D eigenvalue weighted by Crippen LogP contribution is -2.38. The van der Waals surface area contributed by atoms with Crippen LogP contribution >= 0.6 is 0 Å². The van der Waals surface area contributed by atoms with E-state index in [1.165, 1.54) is 18.9 Å². The highest BCUT2D eigenvalue weighted by Crippen LogP contribution is 2.27. The zero-order valence-electron chi connectivity index (χ0n) is 9.87. The third-order valence-electron chi connectivity index (χ3n) is 2.97. The molecule has 1 aromatic rings. The first-order valence-corrected chi connectivity index (χ1v) is 5.95. The van der Waals surface area contributed by atoms with Crippen molar-refractivity contribution in [2.75, 3.05) is 6.54 Å². The molecule has 1 saturated carbocycles. The molecule has 1 aromatic carbocycles. The van der Waals surface area contributed by atoms with Crippen molar-refractivity contribution in [3.05, 3.63) is 35.6 Å². The Morgan fingerprint density at radius 3 is 2.82 bits per heavy atom. The Balaban J connectivity index is 1.85. The second kappa shape index (κ2) is 5.17. The molecular weight excluding hydrogens is 219 g/mol. The predicted molar refractivity (Wildman–Crippen MR) is 64.1 cm³/mol. The van der Waals surface area contributed by atoms with Crippen molar-refractivity contribution < 1.29 is 9.18 Å². The van der Waals surface area contributed by atoms with Gasteiger partial charge < -0.3 is 10.6 Å². The highest BCUT2D eigenvalue weighted by molar-refractivity contribution is 5.74. The normalized spacial score (nSPS) is 16.4. The van der Waals surface area contributed by atoms with Crippen LogP contribution in [0.1, 0.15) is 31.4 Å². The van der Waals surface area contributed by atoms with Gasteiger partial charge in [0.15, 0.2) is 0 Å². The number of hydrogen-bond acceptors (Lipinski definition) is 1. The average Bonchev–Trinajstić information content (AvgIpc) is 3.10. The maximum atomic E-state index is 13.4. The third-order valence-corrected chi connectivity index (χ3v) is 2.97. The lowest BCUT2D eigenvalue weighted by molar-refractivity contribution is 0.237. The minimum atomic E-state index is -0.324. The Morgan fingerprint density at radius 2 is 2.18 bits per heavy atom. The smallest absolute Gasteiger partial charge is 0.315 e. The molecule has 0 aromatic heterocycles. The van der Waals surface area contributed by atoms with E-state index in [0.29, 0.717) is 11.5 Å². The van der Waals surface area contributed by atoms with E-state index in [2.05, 4.69) is 10.6 Å². The summed E-state index contributed by atoms with van der Waals surface area (Å²) in [5.74, 6) is 0.354. The van der Waals surface area contributed by atoms with Crippen LogP contribution < -0.4 is 10.6 Å². The Kier molecular flexibility index (Phi) is 3.61. The number of carbonyl (C=O) groups excluding carboxylic acids is 1. The van der Waals surface area contributed by atoms with Gasteiger partial charge in [-0.1, -0.05) is 18.2 Å². The SMILES string of the molecule is C[C@H](NC(=O)NCC1CC1)c1ccccc1F. The standard InChI is InChI=1S/C13H17FN2O/c1-9(11-4-2-3-5-12(11)14)16-13(17)15-8-10-6-7-10/h2-5,9-10H,6-8H2,1H3,(H2,15,16,17)/t9-/m0/s1. The lowest BCUT2D eigenvalue weighted by atomic mass is 10.1. The van der Waals surface area contributed by atoms with Gasteiger partial charge in [-0.15, -0.1) is 0 Å².